The number of hydrogen-bond donors (Lipinski definition) is 1. The van der Waals surface area contributed by atoms with E-state index in [0.29, 0.717) is 23.8 Å². The molecule has 0 atom stereocenters. The quantitative estimate of drug-likeness (QED) is 0.541. The molecule has 0 radical (unpaired) electrons. The van der Waals surface area contributed by atoms with Crippen LogP contribution in [-0.2, 0) is 11.2 Å². The maximum absolute atomic E-state index is 12.4. The van der Waals surface area contributed by atoms with Gasteiger partial charge >= 0.3 is 0 Å². The van der Waals surface area contributed by atoms with E-state index in [4.69, 9.17) is 14.2 Å². The lowest BCUT2D eigenvalue weighted by Crippen LogP contribution is -2.46. The van der Waals surface area contributed by atoms with Crippen molar-refractivity contribution in [3.63, 3.8) is 0 Å². The van der Waals surface area contributed by atoms with Gasteiger partial charge in [0.1, 0.15) is 0 Å². The summed E-state index contributed by atoms with van der Waals surface area (Å²) < 4.78 is 16.0. The lowest BCUT2D eigenvalue weighted by atomic mass is 10.1. The molecule has 1 aliphatic heterocycles. The molecule has 1 heterocycles. The van der Waals surface area contributed by atoms with Gasteiger partial charge in [-0.15, -0.1) is 0 Å². The Morgan fingerprint density at radius 3 is 2.16 bits per heavy atom. The van der Waals surface area contributed by atoms with E-state index >= 15 is 0 Å². The fourth-order valence-corrected chi connectivity index (χ4v) is 4.04. The fourth-order valence-electron chi connectivity index (χ4n) is 4.04. The zero-order valence-electron chi connectivity index (χ0n) is 19.4. The summed E-state index contributed by atoms with van der Waals surface area (Å²) in [6.45, 7) is 6.06. The summed E-state index contributed by atoms with van der Waals surface area (Å²) in [6.07, 6.45) is 2.33. The Kier molecular flexibility index (Phi) is 9.04. The number of hydrogen-bond acceptors (Lipinski definition) is 6. The number of unbranched alkanes of at least 4 members (excludes halogenated alkanes) is 1. The number of amides is 1. The maximum Gasteiger partial charge on any atom is 0.224 e. The Bertz CT molecular complexity index is 827. The second-order valence-corrected chi connectivity index (χ2v) is 7.93. The van der Waals surface area contributed by atoms with E-state index in [9.17, 15) is 4.79 Å². The average molecular weight is 442 g/mol. The molecule has 0 aliphatic carbocycles. The Morgan fingerprint density at radius 1 is 0.906 bits per heavy atom. The van der Waals surface area contributed by atoms with E-state index in [1.807, 2.05) is 12.1 Å². The van der Waals surface area contributed by atoms with E-state index in [1.165, 1.54) is 5.69 Å². The molecule has 7 nitrogen and oxygen atoms in total. The molecule has 0 unspecified atom stereocenters. The predicted octanol–water partition coefficient (Wildman–Crippen LogP) is 2.97. The van der Waals surface area contributed by atoms with Gasteiger partial charge in [-0.2, -0.15) is 0 Å². The second kappa shape index (κ2) is 12.2. The molecule has 0 bridgehead atoms. The zero-order valence-corrected chi connectivity index (χ0v) is 19.4. The van der Waals surface area contributed by atoms with Gasteiger partial charge in [0, 0.05) is 38.4 Å². The van der Waals surface area contributed by atoms with Gasteiger partial charge in [-0.1, -0.05) is 18.2 Å². The van der Waals surface area contributed by atoms with E-state index in [1.54, 1.807) is 21.3 Å². The van der Waals surface area contributed by atoms with Crippen LogP contribution in [0.2, 0.25) is 0 Å². The maximum atomic E-state index is 12.4. The molecule has 0 spiro atoms. The predicted molar refractivity (Wildman–Crippen MR) is 127 cm³/mol. The molecule has 2 aromatic carbocycles. The summed E-state index contributed by atoms with van der Waals surface area (Å²) in [7, 11) is 4.71. The van der Waals surface area contributed by atoms with Crippen molar-refractivity contribution in [3.05, 3.63) is 48.0 Å². The van der Waals surface area contributed by atoms with E-state index in [0.717, 1.165) is 51.1 Å². The normalized spacial score (nSPS) is 14.2. The van der Waals surface area contributed by atoms with Crippen LogP contribution in [0.1, 0.15) is 18.4 Å². The van der Waals surface area contributed by atoms with Gasteiger partial charge in [-0.25, -0.2) is 0 Å². The molecular weight excluding hydrogens is 406 g/mol. The minimum Gasteiger partial charge on any atom is -0.493 e. The third-order valence-corrected chi connectivity index (χ3v) is 5.81. The summed E-state index contributed by atoms with van der Waals surface area (Å²) in [5.41, 5.74) is 2.13. The number of carbonyl (C=O) groups is 1. The number of piperazine rings is 1. The molecular formula is C25H35N3O4. The Labute approximate surface area is 191 Å². The van der Waals surface area contributed by atoms with E-state index in [-0.39, 0.29) is 12.3 Å². The highest BCUT2D eigenvalue weighted by molar-refractivity contribution is 5.79. The number of nitrogens with zero attached hydrogens (tertiary/aromatic N) is 2. The summed E-state index contributed by atoms with van der Waals surface area (Å²) >= 11 is 0. The molecule has 2 aromatic rings. The van der Waals surface area contributed by atoms with Gasteiger partial charge < -0.3 is 24.4 Å². The first kappa shape index (κ1) is 23.7. The van der Waals surface area contributed by atoms with E-state index < -0.39 is 0 Å². The summed E-state index contributed by atoms with van der Waals surface area (Å²) in [5.74, 6) is 1.64. The van der Waals surface area contributed by atoms with Crippen molar-refractivity contribution in [3.8, 4) is 17.2 Å². The van der Waals surface area contributed by atoms with Gasteiger partial charge in [0.15, 0.2) is 11.5 Å². The van der Waals surface area contributed by atoms with Gasteiger partial charge in [-0.05, 0) is 49.2 Å². The number of rotatable bonds is 11. The Balaban J connectivity index is 1.34. The smallest absolute Gasteiger partial charge is 0.224 e. The van der Waals surface area contributed by atoms with Crippen molar-refractivity contribution >= 4 is 11.6 Å². The third-order valence-electron chi connectivity index (χ3n) is 5.81. The van der Waals surface area contributed by atoms with Crippen molar-refractivity contribution in [2.24, 2.45) is 0 Å². The number of para-hydroxylation sites is 1. The molecule has 1 saturated heterocycles. The molecule has 0 aromatic heterocycles. The molecule has 1 fully saturated rings. The van der Waals surface area contributed by atoms with Crippen LogP contribution in [0.25, 0.3) is 0 Å². The van der Waals surface area contributed by atoms with Crippen molar-refractivity contribution in [2.75, 3.05) is 65.5 Å². The summed E-state index contributed by atoms with van der Waals surface area (Å²) in [5, 5.41) is 3.02. The minimum atomic E-state index is -0.00394. The van der Waals surface area contributed by atoms with Crippen LogP contribution in [0.4, 0.5) is 5.69 Å². The third kappa shape index (κ3) is 6.53. The Morgan fingerprint density at radius 2 is 1.56 bits per heavy atom. The van der Waals surface area contributed by atoms with Crippen LogP contribution in [0.5, 0.6) is 17.2 Å². The highest BCUT2D eigenvalue weighted by atomic mass is 16.5. The number of methoxy groups -OCH3 is 3. The van der Waals surface area contributed by atoms with Gasteiger partial charge in [-0.3, -0.25) is 9.69 Å². The molecule has 1 aliphatic rings. The molecule has 0 saturated carbocycles. The average Bonchev–Trinajstić information content (AvgIpc) is 2.84. The first-order valence-corrected chi connectivity index (χ1v) is 11.2. The van der Waals surface area contributed by atoms with Crippen LogP contribution < -0.4 is 24.4 Å². The number of carbonyl (C=O) groups excluding carboxylic acids is 1. The standard InChI is InChI=1S/C25H35N3O4/c1-30-22-17-20(18-23(31-2)25(22)32-3)19-24(29)26-11-7-8-12-27-13-15-28(16-14-27)21-9-5-4-6-10-21/h4-6,9-10,17-18H,7-8,11-16,19H2,1-3H3,(H,26,29). The zero-order chi connectivity index (χ0) is 22.8. The fraction of sp³-hybridized carbons (Fsp3) is 0.480. The molecule has 1 N–H and O–H groups in total. The number of ether oxygens (including phenoxy) is 3. The number of nitrogens with one attached hydrogen (secondary N) is 1. The van der Waals surface area contributed by atoms with E-state index in [2.05, 4.69) is 45.4 Å². The lowest BCUT2D eigenvalue weighted by molar-refractivity contribution is -0.120. The molecule has 3 rings (SSSR count). The topological polar surface area (TPSA) is 63.3 Å². The highest BCUT2D eigenvalue weighted by Crippen LogP contribution is 2.38. The first-order chi connectivity index (χ1) is 15.6. The number of anilines is 1. The second-order valence-electron chi connectivity index (χ2n) is 7.93. The van der Waals surface area contributed by atoms with Crippen molar-refractivity contribution in [2.45, 2.75) is 19.3 Å². The van der Waals surface area contributed by atoms with Crippen LogP contribution in [-0.4, -0.2) is 71.4 Å². The van der Waals surface area contributed by atoms with Crippen molar-refractivity contribution in [1.82, 2.24) is 10.2 Å². The monoisotopic (exact) mass is 441 g/mol. The SMILES string of the molecule is COc1cc(CC(=O)NCCCCN2CCN(c3ccccc3)CC2)cc(OC)c1OC. The lowest BCUT2D eigenvalue weighted by Gasteiger charge is -2.36. The largest absolute Gasteiger partial charge is 0.493 e. The molecule has 32 heavy (non-hydrogen) atoms. The van der Waals surface area contributed by atoms with Crippen LogP contribution in [0.3, 0.4) is 0 Å². The van der Waals surface area contributed by atoms with Gasteiger partial charge in [0.05, 0.1) is 27.8 Å². The Hall–Kier alpha value is -2.93. The van der Waals surface area contributed by atoms with Crippen molar-refractivity contribution in [1.29, 1.82) is 0 Å². The number of benzene rings is 2. The van der Waals surface area contributed by atoms with Crippen molar-refractivity contribution < 1.29 is 19.0 Å². The van der Waals surface area contributed by atoms with Crippen LogP contribution in [0, 0.1) is 0 Å². The molecule has 174 valence electrons. The summed E-state index contributed by atoms with van der Waals surface area (Å²) in [4.78, 5) is 17.3. The minimum absolute atomic E-state index is 0.00394. The van der Waals surface area contributed by atoms with Gasteiger partial charge in [0.2, 0.25) is 11.7 Å². The van der Waals surface area contributed by atoms with Crippen LogP contribution in [0.15, 0.2) is 42.5 Å². The molecule has 1 amide bonds. The van der Waals surface area contributed by atoms with Crippen LogP contribution >= 0.6 is 0 Å². The molecule has 7 heteroatoms. The highest BCUT2D eigenvalue weighted by Gasteiger charge is 2.17. The van der Waals surface area contributed by atoms with Gasteiger partial charge in [0.25, 0.3) is 0 Å². The first-order valence-electron chi connectivity index (χ1n) is 11.2. The summed E-state index contributed by atoms with van der Waals surface area (Å²) in [6, 6.07) is 14.2.